The molecule has 0 aromatic heterocycles. The first kappa shape index (κ1) is 10.8. The summed E-state index contributed by atoms with van der Waals surface area (Å²) < 4.78 is 0. The lowest BCUT2D eigenvalue weighted by molar-refractivity contribution is -0.122. The maximum absolute atomic E-state index is 10.7. The minimum atomic E-state index is -0.824. The SMILES string of the molecule is CSCCCC(C)(N)C(N)=O. The molecule has 0 aliphatic carbocycles. The number of primary amides is 1. The molecule has 4 N–H and O–H groups in total. The first-order valence-electron chi connectivity index (χ1n) is 3.58. The molecule has 0 bridgehead atoms. The summed E-state index contributed by atoms with van der Waals surface area (Å²) in [5.41, 5.74) is 9.87. The van der Waals surface area contributed by atoms with E-state index in [1.54, 1.807) is 18.7 Å². The van der Waals surface area contributed by atoms with Crippen molar-refractivity contribution in [3.63, 3.8) is 0 Å². The molecule has 4 heteroatoms. The Kier molecular flexibility index (Phi) is 4.52. The van der Waals surface area contributed by atoms with E-state index in [0.717, 1.165) is 12.2 Å². The van der Waals surface area contributed by atoms with Gasteiger partial charge in [0, 0.05) is 0 Å². The minimum absolute atomic E-state index is 0.418. The van der Waals surface area contributed by atoms with Crippen molar-refractivity contribution in [1.82, 2.24) is 0 Å². The zero-order valence-corrected chi connectivity index (χ0v) is 7.91. The van der Waals surface area contributed by atoms with Gasteiger partial charge in [0.1, 0.15) is 0 Å². The molecule has 3 nitrogen and oxygen atoms in total. The Labute approximate surface area is 71.9 Å². The van der Waals surface area contributed by atoms with Crippen LogP contribution in [0, 0.1) is 0 Å². The largest absolute Gasteiger partial charge is 0.368 e. The number of hydrogen-bond donors (Lipinski definition) is 2. The molecular weight excluding hydrogens is 160 g/mol. The van der Waals surface area contributed by atoms with E-state index >= 15 is 0 Å². The van der Waals surface area contributed by atoms with E-state index in [-0.39, 0.29) is 0 Å². The van der Waals surface area contributed by atoms with Crippen molar-refractivity contribution in [1.29, 1.82) is 0 Å². The van der Waals surface area contributed by atoms with Gasteiger partial charge in [-0.3, -0.25) is 4.79 Å². The molecule has 11 heavy (non-hydrogen) atoms. The Morgan fingerprint density at radius 1 is 1.64 bits per heavy atom. The van der Waals surface area contributed by atoms with E-state index in [9.17, 15) is 4.79 Å². The second-order valence-electron chi connectivity index (χ2n) is 2.88. The van der Waals surface area contributed by atoms with E-state index in [4.69, 9.17) is 11.5 Å². The van der Waals surface area contributed by atoms with Gasteiger partial charge < -0.3 is 11.5 Å². The zero-order chi connectivity index (χ0) is 8.91. The van der Waals surface area contributed by atoms with Gasteiger partial charge in [-0.1, -0.05) is 0 Å². The molecular formula is C7H16N2OS. The van der Waals surface area contributed by atoms with Crippen LogP contribution >= 0.6 is 11.8 Å². The number of hydrogen-bond acceptors (Lipinski definition) is 3. The summed E-state index contributed by atoms with van der Waals surface area (Å²) in [5, 5.41) is 0. The van der Waals surface area contributed by atoms with Gasteiger partial charge in [0.25, 0.3) is 0 Å². The molecule has 0 rings (SSSR count). The van der Waals surface area contributed by atoms with Crippen molar-refractivity contribution < 1.29 is 4.79 Å². The number of carbonyl (C=O) groups excluding carboxylic acids is 1. The number of thioether (sulfide) groups is 1. The highest BCUT2D eigenvalue weighted by Gasteiger charge is 2.24. The van der Waals surface area contributed by atoms with E-state index in [1.165, 1.54) is 0 Å². The lowest BCUT2D eigenvalue weighted by Gasteiger charge is -2.19. The van der Waals surface area contributed by atoms with Crippen molar-refractivity contribution in [3.8, 4) is 0 Å². The fourth-order valence-electron chi connectivity index (χ4n) is 0.707. The Bertz CT molecular complexity index is 136. The Morgan fingerprint density at radius 3 is 2.55 bits per heavy atom. The van der Waals surface area contributed by atoms with E-state index < -0.39 is 11.4 Å². The van der Waals surface area contributed by atoms with E-state index in [2.05, 4.69) is 0 Å². The first-order valence-corrected chi connectivity index (χ1v) is 4.98. The summed E-state index contributed by atoms with van der Waals surface area (Å²) in [4.78, 5) is 10.7. The van der Waals surface area contributed by atoms with Crippen LogP contribution in [-0.4, -0.2) is 23.5 Å². The predicted octanol–water partition coefficient (Wildman–Crippen LogP) is 0.332. The van der Waals surface area contributed by atoms with Gasteiger partial charge in [0.15, 0.2) is 0 Å². The molecule has 1 amide bonds. The van der Waals surface area contributed by atoms with Gasteiger partial charge in [-0.2, -0.15) is 11.8 Å². The number of rotatable bonds is 5. The smallest absolute Gasteiger partial charge is 0.237 e. The van der Waals surface area contributed by atoms with Crippen LogP contribution in [0.1, 0.15) is 19.8 Å². The van der Waals surface area contributed by atoms with Crippen LogP contribution in [0.25, 0.3) is 0 Å². The second kappa shape index (κ2) is 4.62. The molecule has 0 aliphatic rings. The fourth-order valence-corrected chi connectivity index (χ4v) is 1.14. The standard InChI is InChI=1S/C7H16N2OS/c1-7(9,6(8)10)4-3-5-11-2/h3-5,9H2,1-2H3,(H2,8,10). The molecule has 0 aromatic rings. The number of nitrogens with two attached hydrogens (primary N) is 2. The lowest BCUT2D eigenvalue weighted by Crippen LogP contribution is -2.49. The summed E-state index contributed by atoms with van der Waals surface area (Å²) in [5.74, 6) is 0.610. The topological polar surface area (TPSA) is 69.1 Å². The highest BCUT2D eigenvalue weighted by molar-refractivity contribution is 7.98. The Hall–Kier alpha value is -0.220. The van der Waals surface area contributed by atoms with Crippen molar-refractivity contribution >= 4 is 17.7 Å². The maximum Gasteiger partial charge on any atom is 0.237 e. The molecule has 0 spiro atoms. The van der Waals surface area contributed by atoms with Crippen molar-refractivity contribution in [2.45, 2.75) is 25.3 Å². The molecule has 0 radical (unpaired) electrons. The third-order valence-corrected chi connectivity index (χ3v) is 2.30. The van der Waals surface area contributed by atoms with Crippen LogP contribution in [-0.2, 0) is 4.79 Å². The van der Waals surface area contributed by atoms with Crippen LogP contribution in [0.15, 0.2) is 0 Å². The average Bonchev–Trinajstić information content (AvgIpc) is 1.88. The summed E-state index contributed by atoms with van der Waals surface area (Å²) in [6.07, 6.45) is 3.64. The lowest BCUT2D eigenvalue weighted by atomic mass is 9.97. The van der Waals surface area contributed by atoms with Gasteiger partial charge in [0.2, 0.25) is 5.91 Å². The predicted molar refractivity (Wildman–Crippen MR) is 49.4 cm³/mol. The second-order valence-corrected chi connectivity index (χ2v) is 3.86. The van der Waals surface area contributed by atoms with Crippen LogP contribution < -0.4 is 11.5 Å². The number of amides is 1. The molecule has 0 aliphatic heterocycles. The van der Waals surface area contributed by atoms with Crippen LogP contribution in [0.2, 0.25) is 0 Å². The third kappa shape index (κ3) is 4.27. The summed E-state index contributed by atoms with van der Waals surface area (Å²) >= 11 is 1.75. The first-order chi connectivity index (χ1) is 5.00. The van der Waals surface area contributed by atoms with Crippen molar-refractivity contribution in [2.24, 2.45) is 11.5 Å². The van der Waals surface area contributed by atoms with Gasteiger partial charge in [-0.25, -0.2) is 0 Å². The molecule has 0 fully saturated rings. The van der Waals surface area contributed by atoms with Gasteiger partial charge in [-0.05, 0) is 31.8 Å². The van der Waals surface area contributed by atoms with Crippen LogP contribution in [0.3, 0.4) is 0 Å². The highest BCUT2D eigenvalue weighted by Crippen LogP contribution is 2.10. The van der Waals surface area contributed by atoms with Crippen molar-refractivity contribution in [3.05, 3.63) is 0 Å². The molecule has 0 heterocycles. The third-order valence-electron chi connectivity index (χ3n) is 1.61. The summed E-state index contributed by atoms with van der Waals surface area (Å²) in [6.45, 7) is 1.68. The minimum Gasteiger partial charge on any atom is -0.368 e. The maximum atomic E-state index is 10.7. The van der Waals surface area contributed by atoms with Crippen molar-refractivity contribution in [2.75, 3.05) is 12.0 Å². The van der Waals surface area contributed by atoms with Crippen LogP contribution in [0.5, 0.6) is 0 Å². The molecule has 0 aromatic carbocycles. The summed E-state index contributed by atoms with van der Waals surface area (Å²) in [7, 11) is 0. The van der Waals surface area contributed by atoms with Crippen LogP contribution in [0.4, 0.5) is 0 Å². The van der Waals surface area contributed by atoms with E-state index in [0.29, 0.717) is 6.42 Å². The zero-order valence-electron chi connectivity index (χ0n) is 7.09. The van der Waals surface area contributed by atoms with E-state index in [1.807, 2.05) is 6.26 Å². The molecule has 0 saturated heterocycles. The van der Waals surface area contributed by atoms with Gasteiger partial charge in [-0.15, -0.1) is 0 Å². The monoisotopic (exact) mass is 176 g/mol. The number of carbonyl (C=O) groups is 1. The average molecular weight is 176 g/mol. The molecule has 66 valence electrons. The quantitative estimate of drug-likeness (QED) is 0.593. The molecule has 0 saturated carbocycles. The molecule has 1 atom stereocenters. The highest BCUT2D eigenvalue weighted by atomic mass is 32.2. The Morgan fingerprint density at radius 2 is 2.18 bits per heavy atom. The Balaban J connectivity index is 3.64. The van der Waals surface area contributed by atoms with Gasteiger partial charge in [0.05, 0.1) is 5.54 Å². The normalized spacial score (nSPS) is 15.9. The fraction of sp³-hybridized carbons (Fsp3) is 0.857. The molecule has 1 unspecified atom stereocenters. The van der Waals surface area contributed by atoms with Gasteiger partial charge >= 0.3 is 0 Å². The summed E-state index contributed by atoms with van der Waals surface area (Å²) in [6, 6.07) is 0.